The van der Waals surface area contributed by atoms with Crippen molar-refractivity contribution in [2.24, 2.45) is 11.1 Å². The molecule has 4 heteroatoms. The fraction of sp³-hybridized carbons (Fsp3) is 0.583. The number of aromatic nitrogens is 1. The zero-order chi connectivity index (χ0) is 11.8. The lowest BCUT2D eigenvalue weighted by Gasteiger charge is -2.23. The van der Waals surface area contributed by atoms with Crippen LogP contribution >= 0.6 is 15.9 Å². The summed E-state index contributed by atoms with van der Waals surface area (Å²) < 4.78 is 1.08. The molecule has 1 atom stereocenters. The highest BCUT2D eigenvalue weighted by Crippen LogP contribution is 2.34. The molecule has 3 nitrogen and oxygen atoms in total. The van der Waals surface area contributed by atoms with Gasteiger partial charge in [0.05, 0.1) is 4.47 Å². The number of nitrogens with zero attached hydrogens (tertiary/aromatic N) is 2. The Balaban J connectivity index is 2.21. The van der Waals surface area contributed by atoms with Crippen LogP contribution in [0.15, 0.2) is 16.7 Å². The van der Waals surface area contributed by atoms with Crippen LogP contribution in [0.2, 0.25) is 0 Å². The van der Waals surface area contributed by atoms with E-state index >= 15 is 0 Å². The third-order valence-electron chi connectivity index (χ3n) is 3.31. The Bertz CT molecular complexity index is 394. The normalized spacial score (nSPS) is 25.1. The van der Waals surface area contributed by atoms with Gasteiger partial charge in [0, 0.05) is 19.3 Å². The zero-order valence-corrected chi connectivity index (χ0v) is 11.4. The third-order valence-corrected chi connectivity index (χ3v) is 3.89. The first kappa shape index (κ1) is 11.9. The highest BCUT2D eigenvalue weighted by Gasteiger charge is 2.33. The van der Waals surface area contributed by atoms with Gasteiger partial charge >= 0.3 is 0 Å². The van der Waals surface area contributed by atoms with Crippen molar-refractivity contribution in [3.63, 3.8) is 0 Å². The Kier molecular flexibility index (Phi) is 3.22. The first-order chi connectivity index (χ1) is 7.54. The van der Waals surface area contributed by atoms with Crippen molar-refractivity contribution in [1.82, 2.24) is 4.98 Å². The van der Waals surface area contributed by atoms with Gasteiger partial charge in [0.25, 0.3) is 0 Å². The largest absolute Gasteiger partial charge is 0.355 e. The molecule has 88 valence electrons. The number of anilines is 1. The van der Waals surface area contributed by atoms with Crippen LogP contribution in [0.1, 0.15) is 18.9 Å². The molecule has 2 heterocycles. The Morgan fingerprint density at radius 3 is 2.94 bits per heavy atom. The molecule has 0 aromatic carbocycles. The second-order valence-corrected chi connectivity index (χ2v) is 5.86. The molecule has 0 amide bonds. The molecule has 0 radical (unpaired) electrons. The average Bonchev–Trinajstić information content (AvgIpc) is 2.62. The van der Waals surface area contributed by atoms with Crippen molar-refractivity contribution in [3.05, 3.63) is 22.3 Å². The highest BCUT2D eigenvalue weighted by atomic mass is 79.9. The minimum atomic E-state index is 0.242. The number of nitrogens with two attached hydrogens (primary N) is 1. The smallest absolute Gasteiger partial charge is 0.142 e. The van der Waals surface area contributed by atoms with E-state index in [0.717, 1.165) is 36.3 Å². The second kappa shape index (κ2) is 4.34. The Labute approximate surface area is 105 Å². The maximum absolute atomic E-state index is 5.81. The lowest BCUT2D eigenvalue weighted by atomic mass is 9.90. The summed E-state index contributed by atoms with van der Waals surface area (Å²) in [6, 6.07) is 2.11. The third kappa shape index (κ3) is 2.23. The van der Waals surface area contributed by atoms with Gasteiger partial charge in [-0.15, -0.1) is 0 Å². The molecule has 0 bridgehead atoms. The van der Waals surface area contributed by atoms with Gasteiger partial charge in [0.15, 0.2) is 0 Å². The van der Waals surface area contributed by atoms with Crippen LogP contribution < -0.4 is 10.6 Å². The molecule has 1 unspecified atom stereocenters. The van der Waals surface area contributed by atoms with Crippen LogP contribution in [-0.4, -0.2) is 24.6 Å². The number of aryl methyl sites for hydroxylation is 1. The number of hydrogen-bond acceptors (Lipinski definition) is 3. The van der Waals surface area contributed by atoms with E-state index in [2.05, 4.69) is 45.7 Å². The van der Waals surface area contributed by atoms with Gasteiger partial charge in [-0.2, -0.15) is 0 Å². The van der Waals surface area contributed by atoms with Gasteiger partial charge in [-0.05, 0) is 52.9 Å². The minimum Gasteiger partial charge on any atom is -0.355 e. The van der Waals surface area contributed by atoms with Gasteiger partial charge in [-0.3, -0.25) is 0 Å². The van der Waals surface area contributed by atoms with Gasteiger partial charge in [0.1, 0.15) is 5.82 Å². The lowest BCUT2D eigenvalue weighted by molar-refractivity contribution is 0.383. The molecule has 1 aromatic rings. The maximum Gasteiger partial charge on any atom is 0.142 e. The van der Waals surface area contributed by atoms with Crippen molar-refractivity contribution in [2.45, 2.75) is 20.3 Å². The summed E-state index contributed by atoms with van der Waals surface area (Å²) in [5.74, 6) is 1.04. The highest BCUT2D eigenvalue weighted by molar-refractivity contribution is 9.10. The first-order valence-electron chi connectivity index (χ1n) is 5.61. The van der Waals surface area contributed by atoms with E-state index in [0.29, 0.717) is 0 Å². The molecule has 0 spiro atoms. The van der Waals surface area contributed by atoms with Gasteiger partial charge in [0.2, 0.25) is 0 Å². The van der Waals surface area contributed by atoms with Crippen LogP contribution in [0, 0.1) is 12.3 Å². The molecule has 1 aliphatic heterocycles. The van der Waals surface area contributed by atoms with E-state index in [9.17, 15) is 0 Å². The lowest BCUT2D eigenvalue weighted by Crippen LogP contribution is -2.31. The summed E-state index contributed by atoms with van der Waals surface area (Å²) in [6.45, 7) is 7.08. The summed E-state index contributed by atoms with van der Waals surface area (Å²) in [5, 5.41) is 0. The monoisotopic (exact) mass is 283 g/mol. The molecule has 0 aliphatic carbocycles. The minimum absolute atomic E-state index is 0.242. The van der Waals surface area contributed by atoms with Crippen molar-refractivity contribution < 1.29 is 0 Å². The average molecular weight is 284 g/mol. The molecule has 16 heavy (non-hydrogen) atoms. The van der Waals surface area contributed by atoms with E-state index in [1.54, 1.807) is 0 Å². The molecule has 1 fully saturated rings. The maximum atomic E-state index is 5.81. The quantitative estimate of drug-likeness (QED) is 0.906. The van der Waals surface area contributed by atoms with Crippen molar-refractivity contribution >= 4 is 21.7 Å². The predicted molar refractivity (Wildman–Crippen MR) is 70.7 cm³/mol. The molecule has 1 aromatic heterocycles. The van der Waals surface area contributed by atoms with Gasteiger partial charge in [-0.25, -0.2) is 4.98 Å². The molecular formula is C12H18BrN3. The Hall–Kier alpha value is -0.610. The predicted octanol–water partition coefficient (Wildman–Crippen LogP) is 2.33. The summed E-state index contributed by atoms with van der Waals surface area (Å²) in [4.78, 5) is 6.81. The molecule has 2 rings (SSSR count). The van der Waals surface area contributed by atoms with E-state index < -0.39 is 0 Å². The SMILES string of the molecule is Cc1cnc(N2CCC(C)(CN)C2)c(Br)c1. The molecule has 1 saturated heterocycles. The Morgan fingerprint density at radius 1 is 1.62 bits per heavy atom. The summed E-state index contributed by atoms with van der Waals surface area (Å²) in [6.07, 6.45) is 3.06. The number of rotatable bonds is 2. The molecular weight excluding hydrogens is 266 g/mol. The standard InChI is InChI=1S/C12H18BrN3/c1-9-5-10(13)11(15-6-9)16-4-3-12(2,7-14)8-16/h5-6H,3-4,7-8,14H2,1-2H3. The number of halogens is 1. The van der Waals surface area contributed by atoms with Crippen molar-refractivity contribution in [2.75, 3.05) is 24.5 Å². The Morgan fingerprint density at radius 2 is 2.38 bits per heavy atom. The topological polar surface area (TPSA) is 42.2 Å². The van der Waals surface area contributed by atoms with E-state index in [-0.39, 0.29) is 5.41 Å². The fourth-order valence-corrected chi connectivity index (χ4v) is 2.84. The van der Waals surface area contributed by atoms with Crippen LogP contribution in [0.5, 0.6) is 0 Å². The van der Waals surface area contributed by atoms with Crippen molar-refractivity contribution in [3.8, 4) is 0 Å². The first-order valence-corrected chi connectivity index (χ1v) is 6.40. The molecule has 1 aliphatic rings. The summed E-state index contributed by atoms with van der Waals surface area (Å²) in [7, 11) is 0. The van der Waals surface area contributed by atoms with Gasteiger partial charge in [-0.1, -0.05) is 6.92 Å². The van der Waals surface area contributed by atoms with E-state index in [4.69, 9.17) is 5.73 Å². The van der Waals surface area contributed by atoms with Crippen LogP contribution in [0.25, 0.3) is 0 Å². The molecule has 0 saturated carbocycles. The van der Waals surface area contributed by atoms with E-state index in [1.807, 2.05) is 6.20 Å². The van der Waals surface area contributed by atoms with Crippen molar-refractivity contribution in [1.29, 1.82) is 0 Å². The van der Waals surface area contributed by atoms with Crippen LogP contribution in [-0.2, 0) is 0 Å². The molecule has 2 N–H and O–H groups in total. The van der Waals surface area contributed by atoms with Crippen LogP contribution in [0.3, 0.4) is 0 Å². The summed E-state index contributed by atoms with van der Waals surface area (Å²) in [5.41, 5.74) is 7.23. The second-order valence-electron chi connectivity index (χ2n) is 5.00. The number of hydrogen-bond donors (Lipinski definition) is 1. The number of pyridine rings is 1. The summed E-state index contributed by atoms with van der Waals surface area (Å²) >= 11 is 3.58. The van der Waals surface area contributed by atoms with Crippen LogP contribution in [0.4, 0.5) is 5.82 Å². The van der Waals surface area contributed by atoms with Gasteiger partial charge < -0.3 is 10.6 Å². The van der Waals surface area contributed by atoms with E-state index in [1.165, 1.54) is 5.56 Å². The zero-order valence-electron chi connectivity index (χ0n) is 9.83. The fourth-order valence-electron chi connectivity index (χ4n) is 2.13.